The van der Waals surface area contributed by atoms with Crippen LogP contribution >= 0.6 is 0 Å². The molecule has 3 fully saturated rings. The molecule has 6 heteroatoms. The molecule has 0 bridgehead atoms. The van der Waals surface area contributed by atoms with Crippen LogP contribution in [0.25, 0.3) is 0 Å². The lowest BCUT2D eigenvalue weighted by atomic mass is 9.79. The summed E-state index contributed by atoms with van der Waals surface area (Å²) in [7, 11) is 0. The van der Waals surface area contributed by atoms with Crippen LogP contribution in [0, 0.1) is 23.7 Å². The van der Waals surface area contributed by atoms with Crippen molar-refractivity contribution in [2.45, 2.75) is 30.8 Å². The van der Waals surface area contributed by atoms with Gasteiger partial charge in [-0.3, -0.25) is 4.79 Å². The van der Waals surface area contributed by atoms with Gasteiger partial charge in [-0.1, -0.05) is 30.3 Å². The van der Waals surface area contributed by atoms with Gasteiger partial charge in [0, 0.05) is 25.3 Å². The van der Waals surface area contributed by atoms with Crippen LogP contribution in [0.3, 0.4) is 0 Å². The van der Waals surface area contributed by atoms with E-state index in [4.69, 9.17) is 0 Å². The molecule has 3 aliphatic rings. The summed E-state index contributed by atoms with van der Waals surface area (Å²) in [5.74, 6) is -2.49. The van der Waals surface area contributed by atoms with Crippen molar-refractivity contribution in [3.8, 4) is 0 Å². The zero-order valence-corrected chi connectivity index (χ0v) is 14.1. The molecule has 0 aromatic heterocycles. The number of benzene rings is 1. The number of nitrogens with one attached hydrogen (secondary N) is 2. The van der Waals surface area contributed by atoms with E-state index in [9.17, 15) is 18.7 Å². The molecule has 1 saturated heterocycles. The fourth-order valence-electron chi connectivity index (χ4n) is 4.75. The number of alkyl halides is 2. The summed E-state index contributed by atoms with van der Waals surface area (Å²) in [4.78, 5) is 12.9. The topological polar surface area (TPSA) is 61.4 Å². The van der Waals surface area contributed by atoms with Gasteiger partial charge in [0.25, 0.3) is 5.91 Å². The van der Waals surface area contributed by atoms with Crippen molar-refractivity contribution in [2.24, 2.45) is 23.7 Å². The highest BCUT2D eigenvalue weighted by molar-refractivity contribution is 5.86. The summed E-state index contributed by atoms with van der Waals surface area (Å²) in [6.45, 7) is 2.46. The van der Waals surface area contributed by atoms with Crippen molar-refractivity contribution < 1.29 is 18.7 Å². The van der Waals surface area contributed by atoms with Gasteiger partial charge in [0.15, 0.2) is 5.60 Å². The van der Waals surface area contributed by atoms with E-state index < -0.39 is 29.8 Å². The van der Waals surface area contributed by atoms with Crippen molar-refractivity contribution in [2.75, 3.05) is 19.6 Å². The Labute approximate surface area is 146 Å². The summed E-state index contributed by atoms with van der Waals surface area (Å²) in [6.07, 6.45) is -0.590. The molecule has 3 unspecified atom stereocenters. The molecule has 1 aromatic rings. The van der Waals surface area contributed by atoms with Crippen LogP contribution in [-0.2, 0) is 10.4 Å². The highest BCUT2D eigenvalue weighted by atomic mass is 19.3. The van der Waals surface area contributed by atoms with Gasteiger partial charge in [0.05, 0.1) is 0 Å². The number of halogens is 2. The third-order valence-corrected chi connectivity index (χ3v) is 6.32. The lowest BCUT2D eigenvalue weighted by Crippen LogP contribution is -2.50. The van der Waals surface area contributed by atoms with Crippen molar-refractivity contribution in [1.29, 1.82) is 0 Å². The van der Waals surface area contributed by atoms with Crippen LogP contribution < -0.4 is 10.6 Å². The maximum atomic E-state index is 13.7. The molecule has 2 saturated carbocycles. The molecule has 0 spiro atoms. The molecule has 1 amide bonds. The largest absolute Gasteiger partial charge is 0.375 e. The van der Waals surface area contributed by atoms with Crippen LogP contribution in [0.15, 0.2) is 30.3 Å². The fourth-order valence-corrected chi connectivity index (χ4v) is 4.75. The van der Waals surface area contributed by atoms with Gasteiger partial charge in [-0.15, -0.1) is 0 Å². The van der Waals surface area contributed by atoms with E-state index in [0.29, 0.717) is 29.9 Å². The standard InChI is InChI=1S/C19H24F2N2O2/c20-18(21)7-6-13(8-18)19(25,12-4-2-1-3-5-12)17(24)23-11-16-14-9-22-10-15(14)16/h1-5,13-16,22,25H,6-11H2,(H,23,24)/t13?,14-,15+,16?,19?. The second-order valence-corrected chi connectivity index (χ2v) is 7.79. The number of aliphatic hydroxyl groups is 1. The van der Waals surface area contributed by atoms with E-state index in [-0.39, 0.29) is 12.8 Å². The van der Waals surface area contributed by atoms with Crippen molar-refractivity contribution >= 4 is 5.91 Å². The molecule has 0 radical (unpaired) electrons. The molecule has 5 atom stereocenters. The average Bonchev–Trinajstić information content (AvgIpc) is 2.93. The van der Waals surface area contributed by atoms with Crippen LogP contribution in [0.1, 0.15) is 24.8 Å². The third kappa shape index (κ3) is 2.95. The van der Waals surface area contributed by atoms with E-state index in [0.717, 1.165) is 13.1 Å². The van der Waals surface area contributed by atoms with Gasteiger partial charge in [0.2, 0.25) is 5.92 Å². The Morgan fingerprint density at radius 2 is 1.96 bits per heavy atom. The minimum absolute atomic E-state index is 0.143. The minimum Gasteiger partial charge on any atom is -0.375 e. The van der Waals surface area contributed by atoms with Gasteiger partial charge >= 0.3 is 0 Å². The first-order valence-electron chi connectivity index (χ1n) is 9.06. The van der Waals surface area contributed by atoms with Gasteiger partial charge < -0.3 is 15.7 Å². The summed E-state index contributed by atoms with van der Waals surface area (Å²) in [6, 6.07) is 8.51. The van der Waals surface area contributed by atoms with Crippen molar-refractivity contribution in [3.63, 3.8) is 0 Å². The lowest BCUT2D eigenvalue weighted by molar-refractivity contribution is -0.148. The van der Waals surface area contributed by atoms with Crippen LogP contribution in [0.4, 0.5) is 8.78 Å². The first-order valence-corrected chi connectivity index (χ1v) is 9.06. The minimum atomic E-state index is -2.81. The number of piperidine rings is 1. The van der Waals surface area contributed by atoms with E-state index in [1.807, 2.05) is 0 Å². The Morgan fingerprint density at radius 1 is 1.28 bits per heavy atom. The smallest absolute Gasteiger partial charge is 0.256 e. The average molecular weight is 350 g/mol. The van der Waals surface area contributed by atoms with E-state index >= 15 is 0 Å². The summed E-state index contributed by atoms with van der Waals surface area (Å²) < 4.78 is 27.5. The number of carbonyl (C=O) groups is 1. The van der Waals surface area contributed by atoms with Crippen molar-refractivity contribution in [1.82, 2.24) is 10.6 Å². The Hall–Kier alpha value is -1.53. The Balaban J connectivity index is 1.51. The first-order chi connectivity index (χ1) is 11.9. The molecular formula is C19H24F2N2O2. The second-order valence-electron chi connectivity index (χ2n) is 7.79. The molecular weight excluding hydrogens is 326 g/mol. The van der Waals surface area contributed by atoms with E-state index in [2.05, 4.69) is 10.6 Å². The van der Waals surface area contributed by atoms with Crippen molar-refractivity contribution in [3.05, 3.63) is 35.9 Å². The quantitative estimate of drug-likeness (QED) is 0.760. The Bertz CT molecular complexity index is 644. The molecule has 3 N–H and O–H groups in total. The van der Waals surface area contributed by atoms with Crippen LogP contribution in [-0.4, -0.2) is 36.6 Å². The molecule has 1 aromatic carbocycles. The zero-order chi connectivity index (χ0) is 17.7. The molecule has 2 aliphatic carbocycles. The zero-order valence-electron chi connectivity index (χ0n) is 14.1. The summed E-state index contributed by atoms with van der Waals surface area (Å²) >= 11 is 0. The molecule has 136 valence electrons. The maximum Gasteiger partial charge on any atom is 0.256 e. The molecule has 25 heavy (non-hydrogen) atoms. The normalized spacial score (nSPS) is 35.0. The number of fused-ring (bicyclic) bond motifs is 1. The molecule has 4 rings (SSSR count). The van der Waals surface area contributed by atoms with E-state index in [1.54, 1.807) is 30.3 Å². The first kappa shape index (κ1) is 16.9. The van der Waals surface area contributed by atoms with Gasteiger partial charge in [-0.2, -0.15) is 0 Å². The van der Waals surface area contributed by atoms with Gasteiger partial charge in [-0.25, -0.2) is 8.78 Å². The van der Waals surface area contributed by atoms with Gasteiger partial charge in [0.1, 0.15) is 0 Å². The number of hydrogen-bond acceptors (Lipinski definition) is 3. The monoisotopic (exact) mass is 350 g/mol. The number of carbonyl (C=O) groups excluding carboxylic acids is 1. The third-order valence-electron chi connectivity index (χ3n) is 6.32. The van der Waals surface area contributed by atoms with Gasteiger partial charge in [-0.05, 0) is 42.8 Å². The summed E-state index contributed by atoms with van der Waals surface area (Å²) in [5, 5.41) is 17.4. The molecule has 4 nitrogen and oxygen atoms in total. The number of amides is 1. The predicted molar refractivity (Wildman–Crippen MR) is 89.0 cm³/mol. The highest BCUT2D eigenvalue weighted by Crippen LogP contribution is 2.49. The fraction of sp³-hybridized carbons (Fsp3) is 0.632. The van der Waals surface area contributed by atoms with Crippen LogP contribution in [0.2, 0.25) is 0 Å². The van der Waals surface area contributed by atoms with E-state index in [1.165, 1.54) is 0 Å². The van der Waals surface area contributed by atoms with Crippen LogP contribution in [0.5, 0.6) is 0 Å². The Morgan fingerprint density at radius 3 is 2.56 bits per heavy atom. The lowest BCUT2D eigenvalue weighted by Gasteiger charge is -2.33. The number of hydrogen-bond donors (Lipinski definition) is 3. The highest BCUT2D eigenvalue weighted by Gasteiger charge is 2.55. The molecule has 1 aliphatic heterocycles. The SMILES string of the molecule is O=C(NCC1[C@H]2CNC[C@@H]12)C(O)(c1ccccc1)C1CCC(F)(F)C1. The second kappa shape index (κ2) is 6.02. The summed E-state index contributed by atoms with van der Waals surface area (Å²) in [5.41, 5.74) is -1.50. The number of rotatable bonds is 5. The predicted octanol–water partition coefficient (Wildman–Crippen LogP) is 1.89. The maximum absolute atomic E-state index is 13.7. The Kier molecular flexibility index (Phi) is 4.07. The molecule has 1 heterocycles.